The number of aliphatic hydroxyl groups is 2. The summed E-state index contributed by atoms with van der Waals surface area (Å²) in [7, 11) is 0. The fraction of sp³-hybridized carbons (Fsp3) is 0.778. The minimum absolute atomic E-state index is 0.0678. The van der Waals surface area contributed by atoms with E-state index in [0.717, 1.165) is 83.5 Å². The summed E-state index contributed by atoms with van der Waals surface area (Å²) in [4.78, 5) is 25.8. The lowest BCUT2D eigenvalue weighted by atomic mass is 10.0. The highest BCUT2D eigenvalue weighted by molar-refractivity contribution is 5.77. The van der Waals surface area contributed by atoms with Crippen molar-refractivity contribution in [1.29, 1.82) is 0 Å². The Hall–Kier alpha value is -2.18. The van der Waals surface area contributed by atoms with E-state index in [-0.39, 0.29) is 24.9 Å². The van der Waals surface area contributed by atoms with Gasteiger partial charge in [-0.05, 0) is 44.9 Å². The number of hydrogen-bond donors (Lipinski definition) is 3. The van der Waals surface area contributed by atoms with Gasteiger partial charge in [-0.2, -0.15) is 0 Å². The predicted octanol–water partition coefficient (Wildman–Crippen LogP) is 11.9. The number of ether oxygens (including phenoxy) is 1. The van der Waals surface area contributed by atoms with Gasteiger partial charge in [-0.3, -0.25) is 9.59 Å². The number of carbonyl (C=O) groups is 2. The molecule has 0 spiro atoms. The zero-order valence-electron chi connectivity index (χ0n) is 33.5. The van der Waals surface area contributed by atoms with Crippen LogP contribution in [-0.4, -0.2) is 46.9 Å². The number of allylic oxidation sites excluding steroid dienone is 8. The van der Waals surface area contributed by atoms with Crippen molar-refractivity contribution in [2.75, 3.05) is 6.61 Å². The van der Waals surface area contributed by atoms with Crippen molar-refractivity contribution in [2.24, 2.45) is 0 Å². The van der Waals surface area contributed by atoms with E-state index in [4.69, 9.17) is 4.74 Å². The molecule has 6 nitrogen and oxygen atoms in total. The largest absolute Gasteiger partial charge is 0.462 e. The Morgan fingerprint density at radius 3 is 1.61 bits per heavy atom. The Morgan fingerprint density at radius 2 is 1.06 bits per heavy atom. The number of hydrogen-bond acceptors (Lipinski definition) is 5. The van der Waals surface area contributed by atoms with Gasteiger partial charge in [0.25, 0.3) is 0 Å². The van der Waals surface area contributed by atoms with E-state index < -0.39 is 18.2 Å². The molecular weight excluding hydrogens is 634 g/mol. The number of carbonyl (C=O) groups excluding carboxylic acids is 2. The molecule has 296 valence electrons. The third kappa shape index (κ3) is 34.7. The number of aliphatic hydroxyl groups excluding tert-OH is 2. The molecule has 0 fully saturated rings. The topological polar surface area (TPSA) is 95.9 Å². The van der Waals surface area contributed by atoms with Crippen molar-refractivity contribution >= 4 is 11.9 Å². The Morgan fingerprint density at radius 1 is 0.588 bits per heavy atom. The highest BCUT2D eigenvalue weighted by Gasteiger charge is 2.24. The molecule has 0 saturated heterocycles. The second kappa shape index (κ2) is 39.0. The number of rotatable bonds is 37. The number of amides is 1. The molecule has 51 heavy (non-hydrogen) atoms. The van der Waals surface area contributed by atoms with Gasteiger partial charge in [-0.25, -0.2) is 0 Å². The molecule has 0 aliphatic heterocycles. The summed E-state index contributed by atoms with van der Waals surface area (Å²) in [6.45, 7) is 6.28. The van der Waals surface area contributed by atoms with E-state index in [0.29, 0.717) is 19.3 Å². The molecule has 3 atom stereocenters. The van der Waals surface area contributed by atoms with Crippen LogP contribution in [0.4, 0.5) is 0 Å². The van der Waals surface area contributed by atoms with Crippen molar-refractivity contribution in [1.82, 2.24) is 5.32 Å². The van der Waals surface area contributed by atoms with E-state index in [9.17, 15) is 19.8 Å². The maximum Gasteiger partial charge on any atom is 0.306 e. The SMILES string of the molecule is CC/C=C/C=C/C=C/C=C\CCCCCCCC(=O)OC(CCCCCCCCCC)CC(=O)NC(CO)C(O)CCCCCCCCCCC. The van der Waals surface area contributed by atoms with Crippen molar-refractivity contribution in [3.8, 4) is 0 Å². The quantitative estimate of drug-likeness (QED) is 0.0338. The Balaban J connectivity index is 4.56. The first-order valence-electron chi connectivity index (χ1n) is 21.4. The van der Waals surface area contributed by atoms with Crippen LogP contribution in [0.3, 0.4) is 0 Å². The summed E-state index contributed by atoms with van der Waals surface area (Å²) in [5, 5.41) is 23.5. The lowest BCUT2D eigenvalue weighted by Crippen LogP contribution is -2.46. The van der Waals surface area contributed by atoms with Crippen LogP contribution in [0.25, 0.3) is 0 Å². The Labute approximate surface area is 315 Å². The fourth-order valence-corrected chi connectivity index (χ4v) is 6.26. The highest BCUT2D eigenvalue weighted by Crippen LogP contribution is 2.17. The molecule has 6 heteroatoms. The van der Waals surface area contributed by atoms with Gasteiger partial charge in [-0.15, -0.1) is 0 Å². The van der Waals surface area contributed by atoms with Crippen molar-refractivity contribution in [3.63, 3.8) is 0 Å². The zero-order valence-corrected chi connectivity index (χ0v) is 33.5. The molecule has 0 aromatic rings. The summed E-state index contributed by atoms with van der Waals surface area (Å²) in [6.07, 6.45) is 44.6. The molecule has 3 N–H and O–H groups in total. The van der Waals surface area contributed by atoms with Gasteiger partial charge in [0.2, 0.25) is 5.91 Å². The molecule has 0 aromatic carbocycles. The molecule has 0 aliphatic rings. The van der Waals surface area contributed by atoms with Crippen LogP contribution in [-0.2, 0) is 14.3 Å². The number of esters is 1. The fourth-order valence-electron chi connectivity index (χ4n) is 6.26. The molecular formula is C45H81NO5. The van der Waals surface area contributed by atoms with Crippen molar-refractivity contribution in [2.45, 2.75) is 219 Å². The Bertz CT molecular complexity index is 895. The smallest absolute Gasteiger partial charge is 0.306 e. The van der Waals surface area contributed by atoms with E-state index in [1.807, 2.05) is 18.2 Å². The van der Waals surface area contributed by atoms with Gasteiger partial charge in [0.05, 0.1) is 25.2 Å². The number of nitrogens with one attached hydrogen (secondary N) is 1. The average Bonchev–Trinajstić information content (AvgIpc) is 3.12. The molecule has 0 aromatic heterocycles. The van der Waals surface area contributed by atoms with E-state index in [1.54, 1.807) is 0 Å². The van der Waals surface area contributed by atoms with Crippen LogP contribution in [0.5, 0.6) is 0 Å². The lowest BCUT2D eigenvalue weighted by Gasteiger charge is -2.24. The van der Waals surface area contributed by atoms with Crippen LogP contribution >= 0.6 is 0 Å². The van der Waals surface area contributed by atoms with Gasteiger partial charge < -0.3 is 20.3 Å². The van der Waals surface area contributed by atoms with Crippen LogP contribution in [0.2, 0.25) is 0 Å². The van der Waals surface area contributed by atoms with Gasteiger partial charge in [0.15, 0.2) is 0 Å². The van der Waals surface area contributed by atoms with Gasteiger partial charge in [0, 0.05) is 6.42 Å². The van der Waals surface area contributed by atoms with Crippen molar-refractivity contribution in [3.05, 3.63) is 48.6 Å². The summed E-state index contributed by atoms with van der Waals surface area (Å²) in [6, 6.07) is -0.701. The molecule has 3 unspecified atom stereocenters. The summed E-state index contributed by atoms with van der Waals surface area (Å²) >= 11 is 0. The van der Waals surface area contributed by atoms with Gasteiger partial charge in [0.1, 0.15) is 6.10 Å². The maximum absolute atomic E-state index is 13.0. The zero-order chi connectivity index (χ0) is 37.5. The third-order valence-electron chi connectivity index (χ3n) is 9.52. The summed E-state index contributed by atoms with van der Waals surface area (Å²) in [5.41, 5.74) is 0. The normalized spacial score (nSPS) is 13.9. The third-order valence-corrected chi connectivity index (χ3v) is 9.52. The van der Waals surface area contributed by atoms with Gasteiger partial charge >= 0.3 is 5.97 Å². The summed E-state index contributed by atoms with van der Waals surface area (Å²) < 4.78 is 5.86. The lowest BCUT2D eigenvalue weighted by molar-refractivity contribution is -0.151. The molecule has 0 heterocycles. The monoisotopic (exact) mass is 716 g/mol. The first kappa shape index (κ1) is 48.8. The Kier molecular flexibility index (Phi) is 37.4. The van der Waals surface area contributed by atoms with Gasteiger partial charge in [-0.1, -0.05) is 191 Å². The van der Waals surface area contributed by atoms with Crippen LogP contribution in [0.15, 0.2) is 48.6 Å². The highest BCUT2D eigenvalue weighted by atomic mass is 16.5. The molecule has 0 saturated carbocycles. The minimum Gasteiger partial charge on any atom is -0.462 e. The second-order valence-electron chi connectivity index (χ2n) is 14.5. The predicted molar refractivity (Wildman–Crippen MR) is 218 cm³/mol. The van der Waals surface area contributed by atoms with E-state index in [1.165, 1.54) is 70.6 Å². The minimum atomic E-state index is -0.787. The number of unbranched alkanes of at least 4 members (excludes halogenated alkanes) is 20. The first-order valence-corrected chi connectivity index (χ1v) is 21.4. The molecule has 1 amide bonds. The molecule has 0 bridgehead atoms. The first-order chi connectivity index (χ1) is 25.0. The van der Waals surface area contributed by atoms with Crippen LogP contribution in [0, 0.1) is 0 Å². The van der Waals surface area contributed by atoms with Crippen LogP contribution in [0.1, 0.15) is 201 Å². The van der Waals surface area contributed by atoms with Crippen LogP contribution < -0.4 is 5.32 Å². The van der Waals surface area contributed by atoms with E-state index >= 15 is 0 Å². The average molecular weight is 716 g/mol. The maximum atomic E-state index is 13.0. The second-order valence-corrected chi connectivity index (χ2v) is 14.5. The molecule has 0 aliphatic carbocycles. The molecule has 0 radical (unpaired) electrons. The van der Waals surface area contributed by atoms with Crippen molar-refractivity contribution < 1.29 is 24.5 Å². The summed E-state index contributed by atoms with van der Waals surface area (Å²) in [5.74, 6) is -0.506. The molecule has 0 rings (SSSR count). The van der Waals surface area contributed by atoms with E-state index in [2.05, 4.69) is 56.5 Å². The standard InChI is InChI=1S/C45H81NO5/c1-4-7-10-13-16-19-20-21-22-23-24-26-29-32-35-38-45(50)51-41(36-33-30-27-18-15-12-9-6-3)39-44(49)46-42(40-47)43(48)37-34-31-28-25-17-14-11-8-5-2/h7,10,13,16,19-22,41-43,47-48H,4-6,8-9,11-12,14-15,17-18,23-40H2,1-3H3,(H,46,49)/b10-7+,16-13+,20-19+,22-21-.